The molecule has 0 bridgehead atoms. The second-order valence-corrected chi connectivity index (χ2v) is 4.99. The largest absolute Gasteiger partial charge is 0.467 e. The van der Waals surface area contributed by atoms with E-state index >= 15 is 0 Å². The van der Waals surface area contributed by atoms with Gasteiger partial charge in [-0.2, -0.15) is 0 Å². The van der Waals surface area contributed by atoms with E-state index in [9.17, 15) is 9.18 Å². The van der Waals surface area contributed by atoms with Crippen molar-refractivity contribution >= 4 is 23.3 Å². The molecule has 2 rings (SSSR count). The number of halogens is 2. The monoisotopic (exact) mass is 307 g/mol. The van der Waals surface area contributed by atoms with E-state index in [1.807, 2.05) is 0 Å². The average molecular weight is 308 g/mol. The van der Waals surface area contributed by atoms with Gasteiger partial charge in [-0.25, -0.2) is 9.18 Å². The number of anilines is 1. The highest BCUT2D eigenvalue weighted by Gasteiger charge is 2.23. The molecule has 0 fully saturated rings. The van der Waals surface area contributed by atoms with E-state index < -0.39 is 12.0 Å². The van der Waals surface area contributed by atoms with Gasteiger partial charge >= 0.3 is 5.97 Å². The van der Waals surface area contributed by atoms with E-state index in [1.54, 1.807) is 43.3 Å². The fraction of sp³-hybridized carbons (Fsp3) is 0.188. The lowest BCUT2D eigenvalue weighted by Crippen LogP contribution is -2.22. The number of hydrogen-bond donors (Lipinski definition) is 1. The summed E-state index contributed by atoms with van der Waals surface area (Å²) in [7, 11) is 1.30. The minimum atomic E-state index is -0.800. The number of aryl methyl sites for hydroxylation is 1. The standard InChI is InChI=1S/C16H15ClFNO2/c1-10-7-8-11(9-14(10)18)19-15(16(20)21-2)12-5-3-4-6-13(12)17/h3-9,15,19H,1-2H3. The topological polar surface area (TPSA) is 38.3 Å². The van der Waals surface area contributed by atoms with Gasteiger partial charge < -0.3 is 10.1 Å². The van der Waals surface area contributed by atoms with Crippen molar-refractivity contribution in [3.8, 4) is 0 Å². The highest BCUT2D eigenvalue weighted by molar-refractivity contribution is 6.31. The van der Waals surface area contributed by atoms with Gasteiger partial charge in [-0.05, 0) is 30.7 Å². The Hall–Kier alpha value is -2.07. The van der Waals surface area contributed by atoms with Gasteiger partial charge in [0.1, 0.15) is 5.82 Å². The average Bonchev–Trinajstić information content (AvgIpc) is 2.48. The highest BCUT2D eigenvalue weighted by Crippen LogP contribution is 2.27. The number of nitrogens with one attached hydrogen (secondary N) is 1. The molecule has 5 heteroatoms. The second-order valence-electron chi connectivity index (χ2n) is 4.59. The van der Waals surface area contributed by atoms with Gasteiger partial charge in [-0.15, -0.1) is 0 Å². The van der Waals surface area contributed by atoms with Crippen LogP contribution in [0.2, 0.25) is 5.02 Å². The molecule has 0 aliphatic rings. The van der Waals surface area contributed by atoms with E-state index in [0.717, 1.165) is 0 Å². The minimum absolute atomic E-state index is 0.345. The molecule has 0 aliphatic heterocycles. The number of benzene rings is 2. The summed E-state index contributed by atoms with van der Waals surface area (Å²) in [6.45, 7) is 1.67. The maximum atomic E-state index is 13.6. The van der Waals surface area contributed by atoms with Crippen LogP contribution in [0.4, 0.5) is 10.1 Å². The van der Waals surface area contributed by atoms with Crippen molar-refractivity contribution in [3.63, 3.8) is 0 Å². The van der Waals surface area contributed by atoms with Crippen LogP contribution in [0.25, 0.3) is 0 Å². The van der Waals surface area contributed by atoms with Crippen LogP contribution in [0, 0.1) is 12.7 Å². The Kier molecular flexibility index (Phi) is 4.81. The summed E-state index contributed by atoms with van der Waals surface area (Å²) in [5.74, 6) is -0.841. The molecule has 3 nitrogen and oxygen atoms in total. The van der Waals surface area contributed by atoms with E-state index in [2.05, 4.69) is 5.32 Å². The minimum Gasteiger partial charge on any atom is -0.467 e. The van der Waals surface area contributed by atoms with Crippen molar-refractivity contribution in [1.82, 2.24) is 0 Å². The smallest absolute Gasteiger partial charge is 0.333 e. The summed E-state index contributed by atoms with van der Waals surface area (Å²) >= 11 is 6.12. The Morgan fingerprint density at radius 2 is 2.00 bits per heavy atom. The van der Waals surface area contributed by atoms with Gasteiger partial charge in [0, 0.05) is 16.3 Å². The molecule has 0 saturated heterocycles. The number of rotatable bonds is 4. The van der Waals surface area contributed by atoms with Gasteiger partial charge in [0.2, 0.25) is 0 Å². The predicted octanol–water partition coefficient (Wildman–Crippen LogP) is 4.11. The van der Waals surface area contributed by atoms with Gasteiger partial charge in [0.05, 0.1) is 7.11 Å². The molecule has 2 aromatic rings. The number of ether oxygens (including phenoxy) is 1. The Morgan fingerprint density at radius 1 is 1.29 bits per heavy atom. The zero-order valence-electron chi connectivity index (χ0n) is 11.7. The lowest BCUT2D eigenvalue weighted by Gasteiger charge is -2.19. The van der Waals surface area contributed by atoms with Crippen molar-refractivity contribution in [2.24, 2.45) is 0 Å². The van der Waals surface area contributed by atoms with Crippen LogP contribution in [0.1, 0.15) is 17.2 Å². The molecule has 0 aliphatic carbocycles. The molecule has 0 amide bonds. The van der Waals surface area contributed by atoms with E-state index in [4.69, 9.17) is 16.3 Å². The second kappa shape index (κ2) is 6.59. The fourth-order valence-corrected chi connectivity index (χ4v) is 2.18. The molecule has 0 radical (unpaired) electrons. The third-order valence-corrected chi connectivity index (χ3v) is 3.48. The van der Waals surface area contributed by atoms with Gasteiger partial charge in [0.25, 0.3) is 0 Å². The van der Waals surface area contributed by atoms with Crippen LogP contribution in [0.3, 0.4) is 0 Å². The summed E-state index contributed by atoms with van der Waals surface area (Å²) in [5, 5.41) is 3.39. The summed E-state index contributed by atoms with van der Waals surface area (Å²) in [6, 6.07) is 10.8. The van der Waals surface area contributed by atoms with Crippen molar-refractivity contribution < 1.29 is 13.9 Å². The quantitative estimate of drug-likeness (QED) is 0.864. The van der Waals surface area contributed by atoms with Crippen molar-refractivity contribution in [3.05, 3.63) is 64.4 Å². The summed E-state index contributed by atoms with van der Waals surface area (Å²) < 4.78 is 18.4. The first-order chi connectivity index (χ1) is 10.0. The molecule has 1 unspecified atom stereocenters. The molecule has 0 saturated carbocycles. The molecule has 1 atom stereocenters. The first-order valence-corrected chi connectivity index (χ1v) is 6.75. The predicted molar refractivity (Wildman–Crippen MR) is 81.0 cm³/mol. The lowest BCUT2D eigenvalue weighted by atomic mass is 10.1. The number of methoxy groups -OCH3 is 1. The normalized spacial score (nSPS) is 11.8. The molecule has 2 aromatic carbocycles. The van der Waals surface area contributed by atoms with Crippen LogP contribution >= 0.6 is 11.6 Å². The fourth-order valence-electron chi connectivity index (χ4n) is 1.94. The van der Waals surface area contributed by atoms with Crippen LogP contribution in [0.15, 0.2) is 42.5 Å². The summed E-state index contributed by atoms with van der Waals surface area (Å²) in [5.41, 5.74) is 1.59. The molecule has 1 N–H and O–H groups in total. The number of carbonyl (C=O) groups is 1. The molecular formula is C16H15ClFNO2. The Labute approximate surface area is 127 Å². The third-order valence-electron chi connectivity index (χ3n) is 3.14. The molecule has 0 aromatic heterocycles. The van der Waals surface area contributed by atoms with Gasteiger partial charge in [0.15, 0.2) is 6.04 Å². The first kappa shape index (κ1) is 15.3. The van der Waals surface area contributed by atoms with Crippen LogP contribution in [-0.4, -0.2) is 13.1 Å². The maximum Gasteiger partial charge on any atom is 0.333 e. The van der Waals surface area contributed by atoms with Crippen LogP contribution < -0.4 is 5.32 Å². The Bertz CT molecular complexity index is 660. The molecular weight excluding hydrogens is 293 g/mol. The zero-order valence-corrected chi connectivity index (χ0v) is 12.4. The van der Waals surface area contributed by atoms with E-state index in [-0.39, 0.29) is 5.82 Å². The number of esters is 1. The maximum absolute atomic E-state index is 13.6. The lowest BCUT2D eigenvalue weighted by molar-refractivity contribution is -0.141. The van der Waals surface area contributed by atoms with E-state index in [0.29, 0.717) is 21.8 Å². The molecule has 0 spiro atoms. The molecule has 110 valence electrons. The summed E-state index contributed by atoms with van der Waals surface area (Å²) in [4.78, 5) is 12.0. The van der Waals surface area contributed by atoms with Crippen molar-refractivity contribution in [2.75, 3.05) is 12.4 Å². The Morgan fingerprint density at radius 3 is 2.62 bits per heavy atom. The number of hydrogen-bond acceptors (Lipinski definition) is 3. The molecule has 0 heterocycles. The van der Waals surface area contributed by atoms with Gasteiger partial charge in [-0.1, -0.05) is 35.9 Å². The van der Waals surface area contributed by atoms with Crippen molar-refractivity contribution in [1.29, 1.82) is 0 Å². The molecule has 21 heavy (non-hydrogen) atoms. The van der Waals surface area contributed by atoms with Crippen LogP contribution in [0.5, 0.6) is 0 Å². The zero-order chi connectivity index (χ0) is 15.4. The third kappa shape index (κ3) is 3.52. The SMILES string of the molecule is COC(=O)C(Nc1ccc(C)c(F)c1)c1ccccc1Cl. The van der Waals surface area contributed by atoms with Crippen molar-refractivity contribution in [2.45, 2.75) is 13.0 Å². The van der Waals surface area contributed by atoms with E-state index in [1.165, 1.54) is 13.2 Å². The summed E-state index contributed by atoms with van der Waals surface area (Å²) in [6.07, 6.45) is 0. The Balaban J connectivity index is 2.35. The first-order valence-electron chi connectivity index (χ1n) is 6.38. The van der Waals surface area contributed by atoms with Crippen LogP contribution in [-0.2, 0) is 9.53 Å². The number of carbonyl (C=O) groups excluding carboxylic acids is 1. The highest BCUT2D eigenvalue weighted by atomic mass is 35.5. The van der Waals surface area contributed by atoms with Gasteiger partial charge in [-0.3, -0.25) is 0 Å².